The summed E-state index contributed by atoms with van der Waals surface area (Å²) in [7, 11) is 2.12. The summed E-state index contributed by atoms with van der Waals surface area (Å²) in [5, 5.41) is 3.04. The van der Waals surface area contributed by atoms with Crippen molar-refractivity contribution in [2.75, 3.05) is 26.7 Å². The van der Waals surface area contributed by atoms with Crippen LogP contribution >= 0.6 is 0 Å². The standard InChI is InChI=1S/C12H24N2O.C2H6/c1-3-4-5-8-13-12(15)11-6-9-14(2)10-7-11;1-2/h11H,3-10H2,1-2H3,(H,13,15);1-2H3. The maximum Gasteiger partial charge on any atom is 0.223 e. The second kappa shape index (κ2) is 10.6. The number of amides is 1. The molecule has 3 nitrogen and oxygen atoms in total. The quantitative estimate of drug-likeness (QED) is 0.752. The molecule has 17 heavy (non-hydrogen) atoms. The van der Waals surface area contributed by atoms with Crippen molar-refractivity contribution in [2.24, 2.45) is 5.92 Å². The van der Waals surface area contributed by atoms with Gasteiger partial charge in [-0.3, -0.25) is 4.79 Å². The molecule has 1 rings (SSSR count). The topological polar surface area (TPSA) is 32.3 Å². The molecule has 1 amide bonds. The Bertz CT molecular complexity index is 187. The summed E-state index contributed by atoms with van der Waals surface area (Å²) in [5.74, 6) is 0.544. The van der Waals surface area contributed by atoms with Gasteiger partial charge in [-0.15, -0.1) is 0 Å². The highest BCUT2D eigenvalue weighted by Gasteiger charge is 2.22. The fourth-order valence-electron chi connectivity index (χ4n) is 2.00. The molecule has 0 saturated carbocycles. The van der Waals surface area contributed by atoms with Crippen LogP contribution < -0.4 is 5.32 Å². The Morgan fingerprint density at radius 1 is 1.24 bits per heavy atom. The number of likely N-dealkylation sites (tertiary alicyclic amines) is 1. The van der Waals surface area contributed by atoms with Crippen LogP contribution in [0.2, 0.25) is 0 Å². The smallest absolute Gasteiger partial charge is 0.223 e. The summed E-state index contributed by atoms with van der Waals surface area (Å²) in [6, 6.07) is 0. The monoisotopic (exact) mass is 242 g/mol. The van der Waals surface area contributed by atoms with Crippen molar-refractivity contribution in [2.45, 2.75) is 52.9 Å². The molecule has 0 unspecified atom stereocenters. The van der Waals surface area contributed by atoms with Crippen LogP contribution in [0.4, 0.5) is 0 Å². The van der Waals surface area contributed by atoms with Crippen molar-refractivity contribution in [3.05, 3.63) is 0 Å². The summed E-state index contributed by atoms with van der Waals surface area (Å²) < 4.78 is 0. The van der Waals surface area contributed by atoms with E-state index in [1.807, 2.05) is 13.8 Å². The fourth-order valence-corrected chi connectivity index (χ4v) is 2.00. The van der Waals surface area contributed by atoms with Crippen LogP contribution in [-0.4, -0.2) is 37.5 Å². The minimum absolute atomic E-state index is 0.267. The number of hydrogen-bond acceptors (Lipinski definition) is 2. The number of rotatable bonds is 5. The second-order valence-electron chi connectivity index (χ2n) is 4.58. The van der Waals surface area contributed by atoms with E-state index in [0.717, 1.165) is 38.9 Å². The highest BCUT2D eigenvalue weighted by Crippen LogP contribution is 2.15. The van der Waals surface area contributed by atoms with Crippen LogP contribution in [0.5, 0.6) is 0 Å². The van der Waals surface area contributed by atoms with E-state index in [4.69, 9.17) is 0 Å². The van der Waals surface area contributed by atoms with Gasteiger partial charge in [-0.1, -0.05) is 33.6 Å². The van der Waals surface area contributed by atoms with Crippen LogP contribution in [0.3, 0.4) is 0 Å². The van der Waals surface area contributed by atoms with Gasteiger partial charge in [0.25, 0.3) is 0 Å². The van der Waals surface area contributed by atoms with Crippen molar-refractivity contribution >= 4 is 5.91 Å². The van der Waals surface area contributed by atoms with Gasteiger partial charge < -0.3 is 10.2 Å². The van der Waals surface area contributed by atoms with Gasteiger partial charge in [0.1, 0.15) is 0 Å². The van der Waals surface area contributed by atoms with Gasteiger partial charge in [-0.05, 0) is 39.4 Å². The van der Waals surface area contributed by atoms with Crippen LogP contribution in [0.25, 0.3) is 0 Å². The molecule has 0 spiro atoms. The van der Waals surface area contributed by atoms with E-state index in [9.17, 15) is 4.79 Å². The summed E-state index contributed by atoms with van der Waals surface area (Å²) in [5.41, 5.74) is 0. The van der Waals surface area contributed by atoms with E-state index in [1.54, 1.807) is 0 Å². The minimum atomic E-state index is 0.267. The molecule has 0 atom stereocenters. The lowest BCUT2D eigenvalue weighted by molar-refractivity contribution is -0.126. The number of nitrogens with one attached hydrogen (secondary N) is 1. The second-order valence-corrected chi connectivity index (χ2v) is 4.58. The zero-order valence-corrected chi connectivity index (χ0v) is 12.1. The SMILES string of the molecule is CC.CCCCCNC(=O)C1CCN(C)CC1. The van der Waals surface area contributed by atoms with Gasteiger partial charge in [0, 0.05) is 12.5 Å². The Kier molecular flexibility index (Phi) is 10.2. The molecule has 1 aliphatic rings. The third-order valence-electron chi connectivity index (χ3n) is 3.17. The van der Waals surface area contributed by atoms with E-state index in [2.05, 4.69) is 24.2 Å². The van der Waals surface area contributed by atoms with Crippen LogP contribution in [0.1, 0.15) is 52.9 Å². The number of hydrogen-bond donors (Lipinski definition) is 1. The first-order chi connectivity index (χ1) is 8.24. The van der Waals surface area contributed by atoms with Crippen LogP contribution in [0.15, 0.2) is 0 Å². The predicted octanol–water partition coefficient (Wildman–Crippen LogP) is 2.66. The molecule has 0 aromatic carbocycles. The summed E-state index contributed by atoms with van der Waals surface area (Å²) in [6.45, 7) is 9.16. The lowest BCUT2D eigenvalue weighted by Crippen LogP contribution is -2.39. The van der Waals surface area contributed by atoms with Gasteiger partial charge in [0.2, 0.25) is 5.91 Å². The molecule has 102 valence electrons. The zero-order chi connectivity index (χ0) is 13.1. The first kappa shape index (κ1) is 16.4. The van der Waals surface area contributed by atoms with Crippen molar-refractivity contribution < 1.29 is 4.79 Å². The highest BCUT2D eigenvalue weighted by atomic mass is 16.1. The molecule has 0 aromatic heterocycles. The average Bonchev–Trinajstić information content (AvgIpc) is 2.38. The molecule has 0 radical (unpaired) electrons. The molecular weight excluding hydrogens is 212 g/mol. The molecule has 1 aliphatic heterocycles. The van der Waals surface area contributed by atoms with E-state index in [-0.39, 0.29) is 11.8 Å². The predicted molar refractivity (Wildman–Crippen MR) is 74.1 cm³/mol. The Balaban J connectivity index is 0.00000121. The minimum Gasteiger partial charge on any atom is -0.356 e. The number of piperidine rings is 1. The van der Waals surface area contributed by atoms with E-state index in [1.165, 1.54) is 12.8 Å². The molecule has 3 heteroatoms. The van der Waals surface area contributed by atoms with Crippen LogP contribution in [-0.2, 0) is 4.79 Å². The number of carbonyl (C=O) groups is 1. The zero-order valence-electron chi connectivity index (χ0n) is 12.1. The Hall–Kier alpha value is -0.570. The Labute approximate surface area is 107 Å². The van der Waals surface area contributed by atoms with Gasteiger partial charge in [0.05, 0.1) is 0 Å². The largest absolute Gasteiger partial charge is 0.356 e. The van der Waals surface area contributed by atoms with Gasteiger partial charge >= 0.3 is 0 Å². The molecule has 1 N–H and O–H groups in total. The third kappa shape index (κ3) is 7.37. The lowest BCUT2D eigenvalue weighted by Gasteiger charge is -2.28. The van der Waals surface area contributed by atoms with Gasteiger partial charge in [-0.25, -0.2) is 0 Å². The van der Waals surface area contributed by atoms with Crippen LogP contribution in [0, 0.1) is 5.92 Å². The number of unbranched alkanes of at least 4 members (excludes halogenated alkanes) is 2. The molecule has 1 saturated heterocycles. The van der Waals surface area contributed by atoms with E-state index in [0.29, 0.717) is 0 Å². The summed E-state index contributed by atoms with van der Waals surface area (Å²) >= 11 is 0. The molecule has 1 heterocycles. The normalized spacial score (nSPS) is 17.2. The Morgan fingerprint density at radius 3 is 2.35 bits per heavy atom. The molecular formula is C14H30N2O. The van der Waals surface area contributed by atoms with Crippen molar-refractivity contribution in [1.82, 2.24) is 10.2 Å². The average molecular weight is 242 g/mol. The number of carbonyl (C=O) groups excluding carboxylic acids is 1. The van der Waals surface area contributed by atoms with Gasteiger partial charge in [0.15, 0.2) is 0 Å². The molecule has 0 bridgehead atoms. The maximum atomic E-state index is 11.7. The first-order valence-corrected chi connectivity index (χ1v) is 7.20. The van der Waals surface area contributed by atoms with Crippen molar-refractivity contribution in [1.29, 1.82) is 0 Å². The summed E-state index contributed by atoms with van der Waals surface area (Å²) in [4.78, 5) is 14.0. The molecule has 0 aliphatic carbocycles. The summed E-state index contributed by atoms with van der Waals surface area (Å²) in [6.07, 6.45) is 5.60. The van der Waals surface area contributed by atoms with Crippen molar-refractivity contribution in [3.8, 4) is 0 Å². The highest BCUT2D eigenvalue weighted by molar-refractivity contribution is 5.78. The van der Waals surface area contributed by atoms with Gasteiger partial charge in [-0.2, -0.15) is 0 Å². The molecule has 1 fully saturated rings. The van der Waals surface area contributed by atoms with Crippen molar-refractivity contribution in [3.63, 3.8) is 0 Å². The third-order valence-corrected chi connectivity index (χ3v) is 3.17. The Morgan fingerprint density at radius 2 is 1.82 bits per heavy atom. The fraction of sp³-hybridized carbons (Fsp3) is 0.929. The van der Waals surface area contributed by atoms with E-state index < -0.39 is 0 Å². The maximum absolute atomic E-state index is 11.7. The first-order valence-electron chi connectivity index (χ1n) is 7.20. The molecule has 0 aromatic rings. The number of nitrogens with zero attached hydrogens (tertiary/aromatic N) is 1. The lowest BCUT2D eigenvalue weighted by atomic mass is 9.96. The van der Waals surface area contributed by atoms with E-state index >= 15 is 0 Å².